The lowest BCUT2D eigenvalue weighted by Gasteiger charge is -2.10. The van der Waals surface area contributed by atoms with Crippen molar-refractivity contribution in [3.8, 4) is 56.0 Å². The fraction of sp³-hybridized carbons (Fsp3) is 0.0278. The maximum absolute atomic E-state index is 6.95. The summed E-state index contributed by atoms with van der Waals surface area (Å²) >= 11 is 0. The highest BCUT2D eigenvalue weighted by atomic mass is 16.5. The van der Waals surface area contributed by atoms with Crippen LogP contribution in [0.15, 0.2) is 206 Å². The van der Waals surface area contributed by atoms with Crippen LogP contribution in [0.3, 0.4) is 0 Å². The van der Waals surface area contributed by atoms with Gasteiger partial charge in [-0.15, -0.1) is 0 Å². The molecule has 11 aromatic rings. The highest BCUT2D eigenvalue weighted by Gasteiger charge is 2.20. The first-order valence-electron chi connectivity index (χ1n) is 27.4. The topological polar surface area (TPSA) is 133 Å². The van der Waals surface area contributed by atoms with Crippen LogP contribution in [-0.4, -0.2) is 39.9 Å². The number of rotatable bonds is 10. The van der Waals surface area contributed by atoms with Crippen LogP contribution in [0.1, 0.15) is 56.7 Å². The van der Waals surface area contributed by atoms with Gasteiger partial charge in [0.25, 0.3) is 0 Å². The van der Waals surface area contributed by atoms with Crippen molar-refractivity contribution in [3.63, 3.8) is 0 Å². The highest BCUT2D eigenvalue weighted by molar-refractivity contribution is 5.97. The molecule has 0 atom stereocenters. The zero-order valence-electron chi connectivity index (χ0n) is 44.3. The van der Waals surface area contributed by atoms with Gasteiger partial charge in [-0.05, 0) is 143 Å². The van der Waals surface area contributed by atoms with Crippen molar-refractivity contribution in [1.29, 1.82) is 0 Å². The van der Waals surface area contributed by atoms with Crippen molar-refractivity contribution >= 4 is 92.7 Å². The third-order valence-electron chi connectivity index (χ3n) is 15.1. The smallest absolute Gasteiger partial charge is 0.168 e. The Balaban J connectivity index is 0.812. The lowest BCUT2D eigenvalue weighted by Crippen LogP contribution is -2.00. The monoisotopic (exact) mass is 1060 g/mol. The molecule has 6 aromatic heterocycles. The fourth-order valence-corrected chi connectivity index (χ4v) is 11.2. The second-order valence-electron chi connectivity index (χ2n) is 20.5. The van der Waals surface area contributed by atoms with Gasteiger partial charge in [-0.25, -0.2) is 19.9 Å². The number of hydrogen-bond donors (Lipinski definition) is 4. The number of fused-ring (bicyclic) bond motifs is 16. The summed E-state index contributed by atoms with van der Waals surface area (Å²) in [6.07, 6.45) is 16.5. The third kappa shape index (κ3) is 9.29. The van der Waals surface area contributed by atoms with Crippen LogP contribution in [0.4, 0.5) is 0 Å². The molecule has 0 radical (unpaired) electrons. The quantitative estimate of drug-likeness (QED) is 0.108. The summed E-state index contributed by atoms with van der Waals surface area (Å²) in [6, 6.07) is 70.8. The minimum Gasteiger partial charge on any atom is -0.484 e. The number of ether oxygens (including phenoxy) is 2. The molecule has 4 aliphatic heterocycles. The Labute approximate surface area is 471 Å². The van der Waals surface area contributed by atoms with E-state index >= 15 is 0 Å². The molecule has 10 heterocycles. The summed E-state index contributed by atoms with van der Waals surface area (Å²) in [5.74, 6) is 1.25. The molecule has 0 fully saturated rings. The van der Waals surface area contributed by atoms with Crippen LogP contribution in [-0.2, 0) is 13.2 Å². The number of aromatic nitrogens is 8. The number of benzene rings is 5. The molecule has 16 bridgehead atoms. The second kappa shape index (κ2) is 20.6. The first-order chi connectivity index (χ1) is 40.6. The van der Waals surface area contributed by atoms with E-state index in [0.717, 1.165) is 134 Å². The van der Waals surface area contributed by atoms with Gasteiger partial charge in [-0.3, -0.25) is 0 Å². The van der Waals surface area contributed by atoms with E-state index in [2.05, 4.69) is 238 Å². The minimum absolute atomic E-state index is 0.282. The molecule has 0 amide bonds. The van der Waals surface area contributed by atoms with Gasteiger partial charge in [0.05, 0.1) is 45.2 Å². The van der Waals surface area contributed by atoms with Crippen LogP contribution in [0, 0.1) is 0 Å². The lowest BCUT2D eigenvalue weighted by molar-refractivity contribution is 0.304. The van der Waals surface area contributed by atoms with Crippen molar-refractivity contribution in [1.82, 2.24) is 39.9 Å². The molecule has 0 aliphatic carbocycles. The largest absolute Gasteiger partial charge is 0.484 e. The number of nitrogens with one attached hydrogen (secondary N) is 4. The molecule has 0 saturated carbocycles. The Morgan fingerprint density at radius 1 is 0.268 bits per heavy atom. The Hall–Kier alpha value is -11.1. The molecule has 10 nitrogen and oxygen atoms in total. The Bertz CT molecular complexity index is 4400. The second-order valence-corrected chi connectivity index (χ2v) is 20.5. The number of hydrogen-bond acceptors (Lipinski definition) is 6. The maximum atomic E-state index is 6.95. The molecule has 390 valence electrons. The summed E-state index contributed by atoms with van der Waals surface area (Å²) in [6.45, 7) is 0.565. The summed E-state index contributed by atoms with van der Waals surface area (Å²) in [4.78, 5) is 35.8. The van der Waals surface area contributed by atoms with Crippen molar-refractivity contribution in [2.24, 2.45) is 0 Å². The number of H-pyrrole nitrogens is 4. The van der Waals surface area contributed by atoms with Gasteiger partial charge in [0.1, 0.15) is 24.6 Å². The summed E-state index contributed by atoms with van der Waals surface area (Å²) < 4.78 is 13.9. The van der Waals surface area contributed by atoms with Gasteiger partial charge in [0.2, 0.25) is 0 Å². The van der Waals surface area contributed by atoms with Gasteiger partial charge in [0, 0.05) is 55.4 Å². The van der Waals surface area contributed by atoms with Crippen molar-refractivity contribution < 1.29 is 9.47 Å². The first-order valence-corrected chi connectivity index (χ1v) is 27.4. The number of nitrogens with zero attached hydrogens (tertiary/aromatic N) is 4. The van der Waals surface area contributed by atoms with Crippen molar-refractivity contribution in [3.05, 3.63) is 263 Å². The molecule has 5 aromatic carbocycles. The van der Waals surface area contributed by atoms with E-state index in [4.69, 9.17) is 29.4 Å². The summed E-state index contributed by atoms with van der Waals surface area (Å²) in [5, 5.41) is 0. The molecule has 4 aliphatic rings. The third-order valence-corrected chi connectivity index (χ3v) is 15.1. The zero-order valence-corrected chi connectivity index (χ0v) is 44.3. The van der Waals surface area contributed by atoms with E-state index in [-0.39, 0.29) is 13.2 Å². The SMILES string of the molecule is C1=Cc2nc1cc1ccc([nH]1)c(-c1ccccc1)c1nc(c(OCc3ccc(COc4c5nc(c(-c6ccccc6)c6ccc(cc7nc(c(-c8ccccc8)c8ccc4[nH]8)C=C7)[nH]6)C=C5)cc3)c3ccc([nH]3)c2-c2ccccc2)C=C1. The van der Waals surface area contributed by atoms with E-state index in [9.17, 15) is 0 Å². The van der Waals surface area contributed by atoms with Gasteiger partial charge < -0.3 is 29.4 Å². The predicted octanol–water partition coefficient (Wildman–Crippen LogP) is 17.5. The van der Waals surface area contributed by atoms with E-state index < -0.39 is 0 Å². The fourth-order valence-electron chi connectivity index (χ4n) is 11.2. The van der Waals surface area contributed by atoms with E-state index in [1.807, 2.05) is 36.4 Å². The van der Waals surface area contributed by atoms with E-state index in [0.29, 0.717) is 22.9 Å². The van der Waals surface area contributed by atoms with Crippen LogP contribution in [0.5, 0.6) is 11.5 Å². The number of aromatic amines is 4. The first kappa shape index (κ1) is 48.1. The van der Waals surface area contributed by atoms with Crippen molar-refractivity contribution in [2.45, 2.75) is 13.2 Å². The highest BCUT2D eigenvalue weighted by Crippen LogP contribution is 2.38. The summed E-state index contributed by atoms with van der Waals surface area (Å²) in [5.41, 5.74) is 23.8. The molecule has 0 saturated heterocycles. The molecular formula is C72H50N8O2. The predicted molar refractivity (Wildman–Crippen MR) is 335 cm³/mol. The van der Waals surface area contributed by atoms with Crippen molar-refractivity contribution in [2.75, 3.05) is 0 Å². The molecule has 0 spiro atoms. The van der Waals surface area contributed by atoms with E-state index in [1.165, 1.54) is 0 Å². The van der Waals surface area contributed by atoms with Crippen LogP contribution in [0.25, 0.3) is 137 Å². The standard InChI is InChI=1S/C72H50N8O2/c1-5-13-47(14-6-1)67-55-29-25-51(73-55)41-52-26-30-56(74-52)68(48-15-7-2-8-16-48)60-34-38-64(78-60)71(63-37-33-59(67)77-63)81-43-45-21-23-46(24-22-45)44-82-72-65-39-35-61(79-65)69(49-17-9-3-10-18-49)57-31-27-53(75-57)42-54-28-32-58(76-54)70(50-19-11-4-12-20-50)62-36-40-66(72)80-62/h1-42,73,75,78,80H,43-44H2. The Morgan fingerprint density at radius 2 is 0.573 bits per heavy atom. The van der Waals surface area contributed by atoms with Gasteiger partial charge >= 0.3 is 0 Å². The lowest BCUT2D eigenvalue weighted by atomic mass is 10.0. The molecular weight excluding hydrogens is 1010 g/mol. The molecule has 15 rings (SSSR count). The Kier molecular flexibility index (Phi) is 12.1. The Morgan fingerprint density at radius 3 is 0.951 bits per heavy atom. The zero-order chi connectivity index (χ0) is 54.3. The molecule has 10 heteroatoms. The van der Waals surface area contributed by atoms with Crippen LogP contribution in [0.2, 0.25) is 0 Å². The maximum Gasteiger partial charge on any atom is 0.168 e. The van der Waals surface area contributed by atoms with Gasteiger partial charge in [0.15, 0.2) is 11.5 Å². The summed E-state index contributed by atoms with van der Waals surface area (Å²) in [7, 11) is 0. The molecule has 4 N–H and O–H groups in total. The average Bonchev–Trinajstić information content (AvgIpc) is 4.45. The van der Waals surface area contributed by atoms with Crippen LogP contribution < -0.4 is 9.47 Å². The van der Waals surface area contributed by atoms with Crippen LogP contribution >= 0.6 is 0 Å². The normalized spacial score (nSPS) is 12.3. The van der Waals surface area contributed by atoms with Gasteiger partial charge in [-0.2, -0.15) is 0 Å². The molecule has 82 heavy (non-hydrogen) atoms. The minimum atomic E-state index is 0.282. The molecule has 0 unspecified atom stereocenters. The average molecular weight is 1060 g/mol. The van der Waals surface area contributed by atoms with Gasteiger partial charge in [-0.1, -0.05) is 146 Å². The van der Waals surface area contributed by atoms with E-state index in [1.54, 1.807) is 0 Å².